The van der Waals surface area contributed by atoms with Crippen molar-refractivity contribution in [3.8, 4) is 77.9 Å². The van der Waals surface area contributed by atoms with E-state index in [1.165, 1.54) is 94.6 Å². The molecule has 20 aromatic rings. The van der Waals surface area contributed by atoms with Gasteiger partial charge >= 0.3 is 0 Å². The fourth-order valence-electron chi connectivity index (χ4n) is 17.6. The zero-order valence-corrected chi connectivity index (χ0v) is 79.5. The van der Waals surface area contributed by atoms with E-state index in [4.69, 9.17) is 4.42 Å². The van der Waals surface area contributed by atoms with Crippen LogP contribution in [0.25, 0.3) is 99.8 Å². The summed E-state index contributed by atoms with van der Waals surface area (Å²) < 4.78 is 6.24. The van der Waals surface area contributed by atoms with Crippen LogP contribution in [0.2, 0.25) is 0 Å². The summed E-state index contributed by atoms with van der Waals surface area (Å²) in [4.78, 5) is 9.38. The molecule has 0 radical (unpaired) electrons. The Kier molecular flexibility index (Phi) is 27.6. The minimum absolute atomic E-state index is 0.0748. The van der Waals surface area contributed by atoms with Crippen LogP contribution in [0, 0.1) is 0 Å². The van der Waals surface area contributed by atoms with Crippen molar-refractivity contribution in [3.63, 3.8) is 0 Å². The van der Waals surface area contributed by atoms with Gasteiger partial charge in [-0.05, 0) is 253 Å². The van der Waals surface area contributed by atoms with Gasteiger partial charge in [0.2, 0.25) is 0 Å². The Labute approximate surface area is 799 Å². The lowest BCUT2D eigenvalue weighted by atomic mass is 9.87. The van der Waals surface area contributed by atoms with Crippen molar-refractivity contribution >= 4 is 84.5 Å². The van der Waals surface area contributed by atoms with E-state index < -0.39 is 0 Å². The van der Waals surface area contributed by atoms with Crippen LogP contribution < -0.4 is 19.6 Å². The highest BCUT2D eigenvalue weighted by molar-refractivity contribution is 6.09. The molecule has 0 amide bonds. The average molecular weight is 1750 g/mol. The summed E-state index contributed by atoms with van der Waals surface area (Å²) in [5.41, 5.74) is 35.8. The summed E-state index contributed by atoms with van der Waals surface area (Å²) in [5, 5.41) is 2.32. The van der Waals surface area contributed by atoms with Crippen molar-refractivity contribution in [2.45, 2.75) is 105 Å². The molecule has 0 atom stereocenters. The van der Waals surface area contributed by atoms with Gasteiger partial charge in [-0.1, -0.05) is 432 Å². The number of para-hydroxylation sites is 4. The van der Waals surface area contributed by atoms with Gasteiger partial charge in [-0.15, -0.1) is 0 Å². The number of fused-ring (bicyclic) bond motifs is 3. The predicted molar refractivity (Wildman–Crippen MR) is 580 cm³/mol. The lowest BCUT2D eigenvalue weighted by molar-refractivity contribution is 0.557. The lowest BCUT2D eigenvalue weighted by Crippen LogP contribution is -2.37. The molecular weight excluding hydrogens is 1630 g/mol. The van der Waals surface area contributed by atoms with E-state index in [2.05, 4.69) is 582 Å². The molecule has 0 bridgehead atoms. The smallest absolute Gasteiger partial charge is 0.159 e. The Balaban J connectivity index is 0.000000127. The zero-order chi connectivity index (χ0) is 93.5. The summed E-state index contributed by atoms with van der Waals surface area (Å²) in [6, 6.07) is 177. The van der Waals surface area contributed by atoms with Gasteiger partial charge in [0.15, 0.2) is 5.58 Å². The predicted octanol–water partition coefficient (Wildman–Crippen LogP) is 37.6. The molecule has 0 fully saturated rings. The van der Waals surface area contributed by atoms with Crippen molar-refractivity contribution in [3.05, 3.63) is 514 Å². The summed E-state index contributed by atoms with van der Waals surface area (Å²) in [7, 11) is 0. The summed E-state index contributed by atoms with van der Waals surface area (Å²) in [6.07, 6.45) is 0. The van der Waals surface area contributed by atoms with Crippen LogP contribution in [0.3, 0.4) is 0 Å². The summed E-state index contributed by atoms with van der Waals surface area (Å²) in [5.74, 6) is 0. The number of hydrogen-bond donors (Lipinski definition) is 0. The third-order valence-corrected chi connectivity index (χ3v) is 24.9. The average Bonchev–Trinajstić information content (AvgIpc) is 1.62. The van der Waals surface area contributed by atoms with Crippen LogP contribution >= 0.6 is 0 Å². The van der Waals surface area contributed by atoms with E-state index in [0.29, 0.717) is 0 Å². The molecule has 0 saturated carbocycles. The van der Waals surface area contributed by atoms with E-state index in [0.717, 1.165) is 84.5 Å². The van der Waals surface area contributed by atoms with Gasteiger partial charge < -0.3 is 24.0 Å². The molecule has 0 spiro atoms. The zero-order valence-electron chi connectivity index (χ0n) is 79.5. The highest BCUT2D eigenvalue weighted by atomic mass is 16.3. The maximum atomic E-state index is 6.24. The number of benzene rings is 19. The fourth-order valence-corrected chi connectivity index (χ4v) is 17.6. The van der Waals surface area contributed by atoms with Crippen molar-refractivity contribution in [1.29, 1.82) is 0 Å². The van der Waals surface area contributed by atoms with E-state index in [9.17, 15) is 0 Å². The first-order chi connectivity index (χ1) is 65.5. The van der Waals surface area contributed by atoms with Gasteiger partial charge in [-0.2, -0.15) is 0 Å². The molecule has 0 aliphatic rings. The quantitative estimate of drug-likeness (QED) is 0.0853. The molecule has 0 saturated heterocycles. The van der Waals surface area contributed by atoms with E-state index in [-0.39, 0.29) is 21.8 Å². The molecule has 0 unspecified atom stereocenters. The van der Waals surface area contributed by atoms with Gasteiger partial charge in [-0.25, -0.2) is 0 Å². The SMILES string of the molecule is CC(C)(C)N(c1ccccc1)c1cccc2c1oc1ccccc12.CC(C)(C)c1ccc(N(c2ccc(-c3ccccc3)cc2)c2ccc(-c3ccc(-c4ccccc4)cc3)cc2)cc1.CC(C)(C)c1ccc(N(c2ccc(-c3ccccc3)cc2)c2ccc(-c3ccccc3)cc2)cc1.CC(C)(C)c1ccc(N(c2ccc(-c3ccccc3)cc2)c2ccccc2-c2ccccc2)cc1. The van der Waals surface area contributed by atoms with Crippen molar-refractivity contribution in [2.24, 2.45) is 0 Å². The van der Waals surface area contributed by atoms with Crippen LogP contribution in [0.15, 0.2) is 502 Å². The van der Waals surface area contributed by atoms with Crippen LogP contribution in [0.1, 0.15) is 99.8 Å². The number of rotatable bonds is 18. The van der Waals surface area contributed by atoms with Gasteiger partial charge in [0.05, 0.1) is 11.4 Å². The Hall–Kier alpha value is -15.8. The number of nitrogens with zero attached hydrogens (tertiary/aromatic N) is 4. The van der Waals surface area contributed by atoms with E-state index in [1.807, 2.05) is 18.2 Å². The maximum Gasteiger partial charge on any atom is 0.159 e. The highest BCUT2D eigenvalue weighted by Crippen LogP contribution is 2.47. The topological polar surface area (TPSA) is 26.1 Å². The number of hydrogen-bond acceptors (Lipinski definition) is 5. The third-order valence-electron chi connectivity index (χ3n) is 24.9. The molecule has 0 aliphatic heterocycles. The highest BCUT2D eigenvalue weighted by Gasteiger charge is 2.28. The standard InChI is InChI=1S/C40H35N.2C34H31N.C22H21NO/c1-40(2,3)36-22-28-39(29-23-36)41(37-24-18-34(19-25-37)31-12-8-5-9-13-31)38-26-20-35(21-27-38)33-16-14-32(15-17-33)30-10-6-4-7-11-30;1-34(2,3)29-20-24-31(25-21-29)35(30-22-18-27(19-23-30)26-12-6-4-7-13-26)33-17-11-10-16-32(33)28-14-8-5-9-15-28;1-34(2,3)30-18-24-33(25-19-30)35(31-20-14-28(15-21-31)26-10-6-4-7-11-26)32-22-16-29(17-23-32)27-12-8-5-9-13-27;1-22(2,3)23(16-10-5-4-6-11-16)19-14-9-13-18-17-12-7-8-15-20(17)24-21(18)19/h4-29H,1-3H3;2*4-25H,1-3H3;4-15H,1-3H3. The largest absolute Gasteiger partial charge is 0.454 e. The van der Waals surface area contributed by atoms with Crippen LogP contribution in [-0.2, 0) is 16.2 Å². The van der Waals surface area contributed by atoms with Crippen LogP contribution in [0.4, 0.5) is 62.6 Å². The normalized spacial score (nSPS) is 11.4. The van der Waals surface area contributed by atoms with Crippen LogP contribution in [-0.4, -0.2) is 5.54 Å². The summed E-state index contributed by atoms with van der Waals surface area (Å²) >= 11 is 0. The van der Waals surface area contributed by atoms with Crippen molar-refractivity contribution in [1.82, 2.24) is 0 Å². The molecule has 1 heterocycles. The second kappa shape index (κ2) is 40.9. The minimum Gasteiger partial charge on any atom is -0.454 e. The third kappa shape index (κ3) is 21.9. The Morgan fingerprint density at radius 2 is 0.385 bits per heavy atom. The monoisotopic (exact) mass is 1750 g/mol. The molecule has 19 aromatic carbocycles. The van der Waals surface area contributed by atoms with Crippen molar-refractivity contribution < 1.29 is 4.42 Å². The Morgan fingerprint density at radius 3 is 0.681 bits per heavy atom. The molecule has 20 rings (SSSR count). The molecule has 664 valence electrons. The molecule has 1 aromatic heterocycles. The van der Waals surface area contributed by atoms with Gasteiger partial charge in [0, 0.05) is 73.1 Å². The fraction of sp³-hybridized carbons (Fsp3) is 0.123. The number of anilines is 11. The van der Waals surface area contributed by atoms with E-state index >= 15 is 0 Å². The van der Waals surface area contributed by atoms with Gasteiger partial charge in [0.25, 0.3) is 0 Å². The number of furan rings is 1. The lowest BCUT2D eigenvalue weighted by Gasteiger charge is -2.37. The Bertz CT molecular complexity index is 7090. The van der Waals surface area contributed by atoms with Crippen LogP contribution in [0.5, 0.6) is 0 Å². The molecule has 5 heteroatoms. The summed E-state index contributed by atoms with van der Waals surface area (Å²) in [6.45, 7) is 27.0. The van der Waals surface area contributed by atoms with Gasteiger partial charge in [0.1, 0.15) is 5.58 Å². The molecule has 135 heavy (non-hydrogen) atoms. The first-order valence-corrected chi connectivity index (χ1v) is 47.0. The maximum absolute atomic E-state index is 6.24. The molecule has 0 N–H and O–H groups in total. The molecule has 5 nitrogen and oxygen atoms in total. The van der Waals surface area contributed by atoms with Crippen molar-refractivity contribution in [2.75, 3.05) is 19.6 Å². The minimum atomic E-state index is -0.0748. The Morgan fingerprint density at radius 1 is 0.163 bits per heavy atom. The van der Waals surface area contributed by atoms with E-state index in [1.54, 1.807) is 0 Å². The molecular formula is C130H118N4O. The van der Waals surface area contributed by atoms with Gasteiger partial charge in [-0.3, -0.25) is 0 Å². The first kappa shape index (κ1) is 91.1. The first-order valence-electron chi connectivity index (χ1n) is 47.0. The molecule has 0 aliphatic carbocycles. The second-order valence-electron chi connectivity index (χ2n) is 38.5. The second-order valence-corrected chi connectivity index (χ2v) is 38.5.